The molecule has 0 aromatic heterocycles. The molecule has 2 heteroatoms. The van der Waals surface area contributed by atoms with Crippen LogP contribution >= 0.6 is 0 Å². The van der Waals surface area contributed by atoms with Crippen molar-refractivity contribution in [2.24, 2.45) is 56.7 Å². The van der Waals surface area contributed by atoms with Gasteiger partial charge in [-0.1, -0.05) is 67.0 Å². The number of hydrogen-bond acceptors (Lipinski definition) is 2. The molecule has 2 N–H and O–H groups in total. The van der Waals surface area contributed by atoms with Crippen LogP contribution in [0, 0.1) is 56.7 Å². The molecule has 4 saturated carbocycles. The van der Waals surface area contributed by atoms with Gasteiger partial charge in [0.15, 0.2) is 0 Å². The van der Waals surface area contributed by atoms with E-state index in [1.54, 1.807) is 5.57 Å². The minimum absolute atomic E-state index is 0.0157. The van der Waals surface area contributed by atoms with E-state index in [0.717, 1.165) is 19.3 Å². The van der Waals surface area contributed by atoms with E-state index in [2.05, 4.69) is 61.5 Å². The molecule has 0 spiro atoms. The van der Waals surface area contributed by atoms with Crippen LogP contribution in [0.2, 0.25) is 0 Å². The molecular formula is C30H50O2. The third-order valence-corrected chi connectivity index (χ3v) is 13.5. The lowest BCUT2D eigenvalue weighted by molar-refractivity contribution is -0.208. The molecule has 0 radical (unpaired) electrons. The first-order valence-electron chi connectivity index (χ1n) is 13.8. The summed E-state index contributed by atoms with van der Waals surface area (Å²) in [4.78, 5) is 0. The van der Waals surface area contributed by atoms with Gasteiger partial charge in [0.2, 0.25) is 0 Å². The summed E-state index contributed by atoms with van der Waals surface area (Å²) in [5, 5.41) is 22.1. The highest BCUT2D eigenvalue weighted by molar-refractivity contribution is 5.34. The largest absolute Gasteiger partial charge is 0.393 e. The number of aliphatic hydroxyl groups excluding tert-OH is 2. The summed E-state index contributed by atoms with van der Waals surface area (Å²) in [6.07, 6.45) is 11.6. The number of aliphatic hydroxyl groups is 2. The van der Waals surface area contributed by atoms with Crippen LogP contribution in [0.5, 0.6) is 0 Å². The lowest BCUT2D eigenvalue weighted by atomic mass is 9.33. The van der Waals surface area contributed by atoms with Crippen LogP contribution in [0.1, 0.15) is 107 Å². The van der Waals surface area contributed by atoms with Crippen LogP contribution in [-0.4, -0.2) is 22.4 Å². The zero-order chi connectivity index (χ0) is 23.5. The minimum atomic E-state index is -0.163. The third-order valence-electron chi connectivity index (χ3n) is 13.5. The summed E-state index contributed by atoms with van der Waals surface area (Å²) in [7, 11) is 0. The Morgan fingerprint density at radius 1 is 0.781 bits per heavy atom. The SMILES string of the molecule is C[C@H]1[C@H](C)C[C@H](O)[C@]2(C)CC[C@]3(C)C(=CC[C@@H]4[C@@]5(C)CC[C@H](O)C(C)(C)[C@@H]5CC[C@]43C)[C@H]12. The van der Waals surface area contributed by atoms with Gasteiger partial charge < -0.3 is 10.2 Å². The molecule has 182 valence electrons. The highest BCUT2D eigenvalue weighted by Crippen LogP contribution is 2.75. The second-order valence-corrected chi connectivity index (χ2v) is 14.7. The summed E-state index contributed by atoms with van der Waals surface area (Å²) in [6, 6.07) is 0. The van der Waals surface area contributed by atoms with Crippen molar-refractivity contribution in [3.63, 3.8) is 0 Å². The van der Waals surface area contributed by atoms with Crippen LogP contribution in [0.15, 0.2) is 11.6 Å². The predicted molar refractivity (Wildman–Crippen MR) is 132 cm³/mol. The van der Waals surface area contributed by atoms with Gasteiger partial charge in [-0.25, -0.2) is 0 Å². The molecule has 5 aliphatic carbocycles. The molecule has 0 heterocycles. The molecule has 0 unspecified atom stereocenters. The van der Waals surface area contributed by atoms with Crippen LogP contribution < -0.4 is 0 Å². The maximum atomic E-state index is 11.2. The summed E-state index contributed by atoms with van der Waals surface area (Å²) in [5.74, 6) is 3.06. The first kappa shape index (κ1) is 23.4. The normalized spacial score (nSPS) is 59.2. The van der Waals surface area contributed by atoms with Gasteiger partial charge in [0.25, 0.3) is 0 Å². The Balaban J connectivity index is 1.60. The Morgan fingerprint density at radius 2 is 1.47 bits per heavy atom. The molecule has 0 aromatic rings. The van der Waals surface area contributed by atoms with Crippen LogP contribution in [0.3, 0.4) is 0 Å². The lowest BCUT2D eigenvalue weighted by Crippen LogP contribution is -2.65. The predicted octanol–water partition coefficient (Wildman–Crippen LogP) is 7.00. The van der Waals surface area contributed by atoms with Gasteiger partial charge in [-0.15, -0.1) is 0 Å². The Labute approximate surface area is 197 Å². The lowest BCUT2D eigenvalue weighted by Gasteiger charge is -2.71. The number of hydrogen-bond donors (Lipinski definition) is 2. The van der Waals surface area contributed by atoms with E-state index in [4.69, 9.17) is 0 Å². The minimum Gasteiger partial charge on any atom is -0.393 e. The van der Waals surface area contributed by atoms with Crippen molar-refractivity contribution in [1.29, 1.82) is 0 Å². The fourth-order valence-electron chi connectivity index (χ4n) is 10.9. The number of rotatable bonds is 0. The van der Waals surface area contributed by atoms with Gasteiger partial charge in [-0.05, 0) is 103 Å². The van der Waals surface area contributed by atoms with Crippen LogP contribution in [0.4, 0.5) is 0 Å². The topological polar surface area (TPSA) is 40.5 Å². The smallest absolute Gasteiger partial charge is 0.0602 e. The molecule has 32 heavy (non-hydrogen) atoms. The van der Waals surface area contributed by atoms with Crippen molar-refractivity contribution in [1.82, 2.24) is 0 Å². The number of fused-ring (bicyclic) bond motifs is 7. The summed E-state index contributed by atoms with van der Waals surface area (Å²) < 4.78 is 0. The highest BCUT2D eigenvalue weighted by Gasteiger charge is 2.68. The van der Waals surface area contributed by atoms with Gasteiger partial charge in [-0.2, -0.15) is 0 Å². The summed E-state index contributed by atoms with van der Waals surface area (Å²) >= 11 is 0. The molecule has 0 bridgehead atoms. The Bertz CT molecular complexity index is 814. The van der Waals surface area contributed by atoms with Gasteiger partial charge in [-0.3, -0.25) is 0 Å². The van der Waals surface area contributed by atoms with E-state index < -0.39 is 0 Å². The van der Waals surface area contributed by atoms with Gasteiger partial charge in [0.1, 0.15) is 0 Å². The molecule has 0 aromatic carbocycles. The second kappa shape index (κ2) is 6.87. The van der Waals surface area contributed by atoms with E-state index in [1.807, 2.05) is 0 Å². The van der Waals surface area contributed by atoms with Gasteiger partial charge in [0, 0.05) is 5.41 Å². The van der Waals surface area contributed by atoms with Gasteiger partial charge >= 0.3 is 0 Å². The van der Waals surface area contributed by atoms with Crippen molar-refractivity contribution in [2.45, 2.75) is 119 Å². The van der Waals surface area contributed by atoms with Crippen molar-refractivity contribution in [2.75, 3.05) is 0 Å². The quantitative estimate of drug-likeness (QED) is 0.397. The summed E-state index contributed by atoms with van der Waals surface area (Å²) in [6.45, 7) is 19.8. The highest BCUT2D eigenvalue weighted by atomic mass is 16.3. The van der Waals surface area contributed by atoms with E-state index in [-0.39, 0.29) is 28.5 Å². The number of allylic oxidation sites excluding steroid dienone is 2. The first-order chi connectivity index (χ1) is 14.7. The molecule has 5 aliphatic rings. The van der Waals surface area contributed by atoms with Crippen LogP contribution in [0.25, 0.3) is 0 Å². The fourth-order valence-corrected chi connectivity index (χ4v) is 10.9. The molecule has 0 amide bonds. The molecule has 11 atom stereocenters. The molecule has 0 aliphatic heterocycles. The Morgan fingerprint density at radius 3 is 2.16 bits per heavy atom. The maximum absolute atomic E-state index is 11.2. The zero-order valence-electron chi connectivity index (χ0n) is 22.2. The van der Waals surface area contributed by atoms with Crippen molar-refractivity contribution in [3.8, 4) is 0 Å². The standard InChI is InChI=1S/C30H50O2/c1-18-17-24(32)28(6)15-16-29(7)20(25(28)19(18)2)9-10-22-27(5)13-12-23(31)26(3,4)21(27)11-14-30(22,29)8/h9,18-19,21-25,31-32H,10-17H2,1-8H3/t18-,19+,21+,22-,23+,24+,25+,27+,28+,29-,30-/m1/s1. The Kier molecular flexibility index (Phi) is 5.02. The second-order valence-electron chi connectivity index (χ2n) is 14.7. The Hall–Kier alpha value is -0.340. The van der Waals surface area contributed by atoms with Crippen molar-refractivity contribution < 1.29 is 10.2 Å². The molecule has 0 saturated heterocycles. The first-order valence-corrected chi connectivity index (χ1v) is 13.8. The van der Waals surface area contributed by atoms with E-state index in [0.29, 0.717) is 40.4 Å². The van der Waals surface area contributed by atoms with Crippen molar-refractivity contribution in [3.05, 3.63) is 11.6 Å². The van der Waals surface area contributed by atoms with Crippen molar-refractivity contribution >= 4 is 0 Å². The fraction of sp³-hybridized carbons (Fsp3) is 0.933. The van der Waals surface area contributed by atoms with E-state index in [9.17, 15) is 10.2 Å². The average molecular weight is 443 g/mol. The van der Waals surface area contributed by atoms with Crippen LogP contribution in [-0.2, 0) is 0 Å². The van der Waals surface area contributed by atoms with E-state index in [1.165, 1.54) is 32.1 Å². The monoisotopic (exact) mass is 442 g/mol. The molecule has 5 rings (SSSR count). The molecular weight excluding hydrogens is 392 g/mol. The third kappa shape index (κ3) is 2.61. The molecule has 4 fully saturated rings. The zero-order valence-corrected chi connectivity index (χ0v) is 22.2. The van der Waals surface area contributed by atoms with E-state index >= 15 is 0 Å². The summed E-state index contributed by atoms with van der Waals surface area (Å²) in [5.41, 5.74) is 2.64. The maximum Gasteiger partial charge on any atom is 0.0602 e. The average Bonchev–Trinajstić information content (AvgIpc) is 2.71. The molecule has 2 nitrogen and oxygen atoms in total. The van der Waals surface area contributed by atoms with Gasteiger partial charge in [0.05, 0.1) is 12.2 Å².